The highest BCUT2D eigenvalue weighted by molar-refractivity contribution is 9.10. The Morgan fingerprint density at radius 1 is 1.16 bits per heavy atom. The summed E-state index contributed by atoms with van der Waals surface area (Å²) in [5, 5.41) is 11.3. The number of benzene rings is 2. The van der Waals surface area contributed by atoms with Crippen molar-refractivity contribution in [2.24, 2.45) is 0 Å². The van der Waals surface area contributed by atoms with Crippen LogP contribution >= 0.6 is 15.9 Å². The predicted molar refractivity (Wildman–Crippen MR) is 72.5 cm³/mol. The summed E-state index contributed by atoms with van der Waals surface area (Å²) in [7, 11) is 0. The average molecular weight is 323 g/mol. The molecule has 0 aliphatic carbocycles. The molecule has 2 aromatic rings. The highest BCUT2D eigenvalue weighted by Crippen LogP contribution is 2.23. The summed E-state index contributed by atoms with van der Waals surface area (Å²) in [6, 6.07) is 11.1. The van der Waals surface area contributed by atoms with Gasteiger partial charge in [-0.05, 0) is 23.8 Å². The van der Waals surface area contributed by atoms with Crippen LogP contribution in [-0.2, 0) is 6.54 Å². The molecule has 1 N–H and O–H groups in total. The quantitative estimate of drug-likeness (QED) is 0.918. The Kier molecular flexibility index (Phi) is 4.13. The van der Waals surface area contributed by atoms with E-state index in [1.165, 1.54) is 0 Å². The molecule has 2 aromatic carbocycles. The highest BCUT2D eigenvalue weighted by Gasteiger charge is 2.11. The summed E-state index contributed by atoms with van der Waals surface area (Å²) >= 11 is 3.36. The van der Waals surface area contributed by atoms with Crippen LogP contribution < -0.4 is 5.32 Å². The maximum atomic E-state index is 13.6. The van der Waals surface area contributed by atoms with Crippen LogP contribution in [0.2, 0.25) is 0 Å². The Balaban J connectivity index is 2.21. The van der Waals surface area contributed by atoms with Crippen LogP contribution in [0.5, 0.6) is 0 Å². The molecule has 2 rings (SSSR count). The number of nitrogens with zero attached hydrogens (tertiary/aromatic N) is 1. The second kappa shape index (κ2) is 5.81. The van der Waals surface area contributed by atoms with Crippen LogP contribution in [0, 0.1) is 23.0 Å². The Morgan fingerprint density at radius 2 is 1.79 bits per heavy atom. The third kappa shape index (κ3) is 3.09. The fourth-order valence-corrected chi connectivity index (χ4v) is 2.06. The SMILES string of the molecule is N#Cc1cc(F)c(NCc2ccccc2Br)c(F)c1. The van der Waals surface area contributed by atoms with Crippen molar-refractivity contribution < 1.29 is 8.78 Å². The van der Waals surface area contributed by atoms with Crippen LogP contribution in [0.15, 0.2) is 40.9 Å². The van der Waals surface area contributed by atoms with Gasteiger partial charge >= 0.3 is 0 Å². The van der Waals surface area contributed by atoms with Crippen molar-refractivity contribution in [3.05, 3.63) is 63.6 Å². The first-order chi connectivity index (χ1) is 9.11. The van der Waals surface area contributed by atoms with Crippen LogP contribution in [0.4, 0.5) is 14.5 Å². The van der Waals surface area contributed by atoms with Gasteiger partial charge < -0.3 is 5.32 Å². The van der Waals surface area contributed by atoms with Gasteiger partial charge in [-0.25, -0.2) is 8.78 Å². The van der Waals surface area contributed by atoms with E-state index < -0.39 is 11.6 Å². The Hall–Kier alpha value is -1.93. The fourth-order valence-electron chi connectivity index (χ4n) is 1.63. The minimum absolute atomic E-state index is 0.0403. The third-order valence-electron chi connectivity index (χ3n) is 2.58. The van der Waals surface area contributed by atoms with Crippen LogP contribution in [0.3, 0.4) is 0 Å². The number of nitriles is 1. The molecule has 0 amide bonds. The van der Waals surface area contributed by atoms with Crippen LogP contribution in [0.1, 0.15) is 11.1 Å². The van der Waals surface area contributed by atoms with Gasteiger partial charge in [0.1, 0.15) is 5.69 Å². The summed E-state index contributed by atoms with van der Waals surface area (Å²) in [6.07, 6.45) is 0. The molecule has 0 aromatic heterocycles. The molecule has 0 saturated heterocycles. The van der Waals surface area contributed by atoms with Gasteiger partial charge in [0.05, 0.1) is 11.6 Å². The lowest BCUT2D eigenvalue weighted by Gasteiger charge is -2.10. The van der Waals surface area contributed by atoms with Crippen molar-refractivity contribution in [3.8, 4) is 6.07 Å². The van der Waals surface area contributed by atoms with E-state index in [1.54, 1.807) is 6.07 Å². The van der Waals surface area contributed by atoms with E-state index in [2.05, 4.69) is 21.2 Å². The summed E-state index contributed by atoms with van der Waals surface area (Å²) in [5.74, 6) is -1.55. The second-order valence-electron chi connectivity index (χ2n) is 3.87. The maximum Gasteiger partial charge on any atom is 0.150 e. The number of anilines is 1. The van der Waals surface area contributed by atoms with Crippen molar-refractivity contribution in [1.82, 2.24) is 0 Å². The van der Waals surface area contributed by atoms with Gasteiger partial charge in [-0.3, -0.25) is 0 Å². The minimum Gasteiger partial charge on any atom is -0.376 e. The normalized spacial score (nSPS) is 10.0. The van der Waals surface area contributed by atoms with Gasteiger partial charge in [0.2, 0.25) is 0 Å². The highest BCUT2D eigenvalue weighted by atomic mass is 79.9. The number of nitrogens with one attached hydrogen (secondary N) is 1. The van der Waals surface area contributed by atoms with E-state index in [9.17, 15) is 8.78 Å². The van der Waals surface area contributed by atoms with E-state index in [0.29, 0.717) is 0 Å². The number of hydrogen-bond acceptors (Lipinski definition) is 2. The lowest BCUT2D eigenvalue weighted by molar-refractivity contribution is 0.587. The Bertz CT molecular complexity index is 627. The van der Waals surface area contributed by atoms with E-state index in [1.807, 2.05) is 24.3 Å². The summed E-state index contributed by atoms with van der Waals surface area (Å²) in [5.41, 5.74) is 0.613. The van der Waals surface area contributed by atoms with Gasteiger partial charge in [0.15, 0.2) is 11.6 Å². The van der Waals surface area contributed by atoms with Crippen molar-refractivity contribution in [3.63, 3.8) is 0 Å². The zero-order valence-corrected chi connectivity index (χ0v) is 11.3. The molecule has 2 nitrogen and oxygen atoms in total. The molecule has 0 atom stereocenters. The first-order valence-corrected chi connectivity index (χ1v) is 6.27. The molecule has 19 heavy (non-hydrogen) atoms. The lowest BCUT2D eigenvalue weighted by Crippen LogP contribution is -2.05. The zero-order valence-electron chi connectivity index (χ0n) is 9.75. The van der Waals surface area contributed by atoms with E-state index in [-0.39, 0.29) is 17.8 Å². The molecule has 96 valence electrons. The van der Waals surface area contributed by atoms with Crippen molar-refractivity contribution in [2.75, 3.05) is 5.32 Å². The maximum absolute atomic E-state index is 13.6. The van der Waals surface area contributed by atoms with E-state index in [4.69, 9.17) is 5.26 Å². The van der Waals surface area contributed by atoms with Crippen LogP contribution in [0.25, 0.3) is 0 Å². The van der Waals surface area contributed by atoms with Crippen molar-refractivity contribution in [1.29, 1.82) is 5.26 Å². The molecular formula is C14H9BrF2N2. The molecule has 0 unspecified atom stereocenters. The van der Waals surface area contributed by atoms with Crippen molar-refractivity contribution >= 4 is 21.6 Å². The summed E-state index contributed by atoms with van der Waals surface area (Å²) in [6.45, 7) is 0.279. The largest absolute Gasteiger partial charge is 0.376 e. The molecule has 0 heterocycles. The van der Waals surface area contributed by atoms with Gasteiger partial charge in [-0.1, -0.05) is 34.1 Å². The monoisotopic (exact) mass is 322 g/mol. The zero-order chi connectivity index (χ0) is 13.8. The lowest BCUT2D eigenvalue weighted by atomic mass is 10.2. The van der Waals surface area contributed by atoms with Gasteiger partial charge in [0.25, 0.3) is 0 Å². The first-order valence-electron chi connectivity index (χ1n) is 5.48. The molecule has 0 fully saturated rings. The molecule has 0 radical (unpaired) electrons. The van der Waals surface area contributed by atoms with E-state index in [0.717, 1.165) is 22.2 Å². The van der Waals surface area contributed by atoms with Gasteiger partial charge in [-0.15, -0.1) is 0 Å². The summed E-state index contributed by atoms with van der Waals surface area (Å²) in [4.78, 5) is 0. The molecular weight excluding hydrogens is 314 g/mol. The summed E-state index contributed by atoms with van der Waals surface area (Å²) < 4.78 is 28.1. The second-order valence-corrected chi connectivity index (χ2v) is 4.73. The molecule has 0 bridgehead atoms. The van der Waals surface area contributed by atoms with Gasteiger partial charge in [0, 0.05) is 11.0 Å². The average Bonchev–Trinajstić information content (AvgIpc) is 2.39. The van der Waals surface area contributed by atoms with Crippen molar-refractivity contribution in [2.45, 2.75) is 6.54 Å². The van der Waals surface area contributed by atoms with Crippen LogP contribution in [-0.4, -0.2) is 0 Å². The topological polar surface area (TPSA) is 35.8 Å². The predicted octanol–water partition coefficient (Wildman–Crippen LogP) is 4.21. The minimum atomic E-state index is -0.774. The third-order valence-corrected chi connectivity index (χ3v) is 3.36. The molecule has 0 saturated carbocycles. The number of rotatable bonds is 3. The van der Waals surface area contributed by atoms with Gasteiger partial charge in [-0.2, -0.15) is 5.26 Å². The smallest absolute Gasteiger partial charge is 0.150 e. The fraction of sp³-hybridized carbons (Fsp3) is 0.0714. The number of hydrogen-bond donors (Lipinski definition) is 1. The molecule has 0 aliphatic heterocycles. The Labute approximate surface area is 117 Å². The number of halogens is 3. The Morgan fingerprint density at radius 3 is 2.37 bits per heavy atom. The standard InChI is InChI=1S/C14H9BrF2N2/c15-11-4-2-1-3-10(11)8-19-14-12(16)5-9(7-18)6-13(14)17/h1-6,19H,8H2. The molecule has 5 heteroatoms. The van der Waals surface area contributed by atoms with E-state index >= 15 is 0 Å². The molecule has 0 aliphatic rings. The molecule has 0 spiro atoms. The first kappa shape index (κ1) is 13.5.